The molecular weight excluding hydrogens is 232 g/mol. The molecule has 0 atom stereocenters. The van der Waals surface area contributed by atoms with E-state index >= 15 is 0 Å². The Balaban J connectivity index is 1.75. The third-order valence-electron chi connectivity index (χ3n) is 5.06. The van der Waals surface area contributed by atoms with E-state index in [4.69, 9.17) is 5.26 Å². The molecule has 1 aromatic carbocycles. The van der Waals surface area contributed by atoms with Crippen molar-refractivity contribution in [1.82, 2.24) is 4.90 Å². The van der Waals surface area contributed by atoms with Gasteiger partial charge in [-0.05, 0) is 81.3 Å². The third kappa shape index (κ3) is 2.28. The van der Waals surface area contributed by atoms with Crippen LogP contribution in [0.15, 0.2) is 18.2 Å². The highest BCUT2D eigenvalue weighted by Crippen LogP contribution is 2.45. The Labute approximate surface area is 116 Å². The third-order valence-corrected chi connectivity index (χ3v) is 5.06. The lowest BCUT2D eigenvalue weighted by Crippen LogP contribution is -2.43. The molecule has 1 fully saturated rings. The molecular formula is C17H22N2. The molecule has 19 heavy (non-hydrogen) atoms. The van der Waals surface area contributed by atoms with Crippen molar-refractivity contribution in [3.05, 3.63) is 34.9 Å². The van der Waals surface area contributed by atoms with Crippen molar-refractivity contribution in [3.8, 4) is 6.07 Å². The Morgan fingerprint density at radius 3 is 2.47 bits per heavy atom. The zero-order valence-corrected chi connectivity index (χ0v) is 11.9. The van der Waals surface area contributed by atoms with Gasteiger partial charge in [0.1, 0.15) is 0 Å². The van der Waals surface area contributed by atoms with E-state index in [1.54, 1.807) is 0 Å². The maximum Gasteiger partial charge on any atom is 0.0991 e. The van der Waals surface area contributed by atoms with E-state index in [2.05, 4.69) is 36.9 Å². The summed E-state index contributed by atoms with van der Waals surface area (Å²) in [5.74, 6) is 0. The van der Waals surface area contributed by atoms with Crippen LogP contribution in [0, 0.1) is 16.7 Å². The summed E-state index contributed by atoms with van der Waals surface area (Å²) in [4.78, 5) is 2.59. The summed E-state index contributed by atoms with van der Waals surface area (Å²) in [5, 5.41) is 9.01. The number of nitriles is 1. The van der Waals surface area contributed by atoms with Gasteiger partial charge in [-0.3, -0.25) is 0 Å². The molecule has 1 aliphatic carbocycles. The van der Waals surface area contributed by atoms with Crippen LogP contribution in [0.5, 0.6) is 0 Å². The Bertz CT molecular complexity index is 517. The molecule has 2 heteroatoms. The van der Waals surface area contributed by atoms with Gasteiger partial charge in [-0.25, -0.2) is 0 Å². The van der Waals surface area contributed by atoms with Gasteiger partial charge in [0.15, 0.2) is 0 Å². The van der Waals surface area contributed by atoms with Gasteiger partial charge >= 0.3 is 0 Å². The second-order valence-corrected chi connectivity index (χ2v) is 6.58. The lowest BCUT2D eigenvalue weighted by atomic mass is 9.75. The minimum atomic E-state index is 0.488. The van der Waals surface area contributed by atoms with E-state index in [0.717, 1.165) is 5.56 Å². The van der Waals surface area contributed by atoms with E-state index in [0.29, 0.717) is 11.5 Å². The number of piperidine rings is 1. The van der Waals surface area contributed by atoms with E-state index in [9.17, 15) is 0 Å². The lowest BCUT2D eigenvalue weighted by molar-refractivity contribution is 0.0895. The number of fused-ring (bicyclic) bond motifs is 1. The van der Waals surface area contributed by atoms with E-state index in [1.165, 1.54) is 49.9 Å². The van der Waals surface area contributed by atoms with Crippen molar-refractivity contribution in [3.63, 3.8) is 0 Å². The number of likely N-dealkylation sites (tertiary alicyclic amines) is 1. The van der Waals surface area contributed by atoms with Crippen LogP contribution in [-0.4, -0.2) is 24.0 Å². The largest absolute Gasteiger partial charge is 0.301 e. The number of nitrogens with zero attached hydrogens (tertiary/aromatic N) is 2. The quantitative estimate of drug-likeness (QED) is 0.770. The average Bonchev–Trinajstić information content (AvgIpc) is 2.75. The molecule has 2 nitrogen and oxygen atoms in total. The van der Waals surface area contributed by atoms with E-state index < -0.39 is 0 Å². The van der Waals surface area contributed by atoms with Gasteiger partial charge in [0.2, 0.25) is 0 Å². The maximum absolute atomic E-state index is 9.01. The SMILES string of the molecule is CC(C)N1CCC2(CC1)Cc1ccc(C#N)cc1C2. The zero-order chi connectivity index (χ0) is 13.5. The van der Waals surface area contributed by atoms with Gasteiger partial charge in [-0.2, -0.15) is 5.26 Å². The van der Waals surface area contributed by atoms with Crippen molar-refractivity contribution in [2.45, 2.75) is 45.6 Å². The highest BCUT2D eigenvalue weighted by Gasteiger charge is 2.40. The first kappa shape index (κ1) is 12.7. The Kier molecular flexibility index (Phi) is 3.11. The highest BCUT2D eigenvalue weighted by atomic mass is 15.2. The molecule has 2 aliphatic rings. The molecule has 0 amide bonds. The molecule has 0 unspecified atom stereocenters. The molecule has 3 rings (SSSR count). The molecule has 1 spiro atoms. The van der Waals surface area contributed by atoms with Gasteiger partial charge in [-0.1, -0.05) is 6.07 Å². The predicted molar refractivity (Wildman–Crippen MR) is 76.9 cm³/mol. The minimum absolute atomic E-state index is 0.488. The van der Waals surface area contributed by atoms with E-state index in [1.807, 2.05) is 6.07 Å². The molecule has 1 heterocycles. The van der Waals surface area contributed by atoms with Crippen LogP contribution in [-0.2, 0) is 12.8 Å². The van der Waals surface area contributed by atoms with Crippen molar-refractivity contribution in [2.75, 3.05) is 13.1 Å². The summed E-state index contributed by atoms with van der Waals surface area (Å²) in [6.07, 6.45) is 5.02. The number of hydrogen-bond acceptors (Lipinski definition) is 2. The summed E-state index contributed by atoms with van der Waals surface area (Å²) in [5.41, 5.74) is 4.21. The summed E-state index contributed by atoms with van der Waals surface area (Å²) in [6.45, 7) is 7.05. The fourth-order valence-electron chi connectivity index (χ4n) is 3.77. The second kappa shape index (κ2) is 4.65. The second-order valence-electron chi connectivity index (χ2n) is 6.58. The molecule has 1 aliphatic heterocycles. The van der Waals surface area contributed by atoms with Crippen LogP contribution in [0.1, 0.15) is 43.4 Å². The van der Waals surface area contributed by atoms with Gasteiger partial charge in [0.25, 0.3) is 0 Å². The minimum Gasteiger partial charge on any atom is -0.301 e. The van der Waals surface area contributed by atoms with Crippen LogP contribution < -0.4 is 0 Å². The fourth-order valence-corrected chi connectivity index (χ4v) is 3.77. The van der Waals surface area contributed by atoms with Crippen LogP contribution in [0.2, 0.25) is 0 Å². The smallest absolute Gasteiger partial charge is 0.0991 e. The van der Waals surface area contributed by atoms with Crippen molar-refractivity contribution in [1.29, 1.82) is 5.26 Å². The molecule has 0 radical (unpaired) electrons. The molecule has 1 saturated heterocycles. The van der Waals surface area contributed by atoms with Crippen LogP contribution >= 0.6 is 0 Å². The van der Waals surface area contributed by atoms with Crippen LogP contribution in [0.3, 0.4) is 0 Å². The topological polar surface area (TPSA) is 27.0 Å². The molecule has 0 aromatic heterocycles. The predicted octanol–water partition coefficient (Wildman–Crippen LogP) is 3.15. The average molecular weight is 254 g/mol. The molecule has 0 N–H and O–H groups in total. The first-order valence-electron chi connectivity index (χ1n) is 7.38. The van der Waals surface area contributed by atoms with Gasteiger partial charge in [-0.15, -0.1) is 0 Å². The summed E-state index contributed by atoms with van der Waals surface area (Å²) < 4.78 is 0. The van der Waals surface area contributed by atoms with E-state index in [-0.39, 0.29) is 0 Å². The van der Waals surface area contributed by atoms with Crippen LogP contribution in [0.4, 0.5) is 0 Å². The van der Waals surface area contributed by atoms with Crippen molar-refractivity contribution >= 4 is 0 Å². The zero-order valence-electron chi connectivity index (χ0n) is 11.9. The molecule has 0 bridgehead atoms. The Morgan fingerprint density at radius 2 is 1.84 bits per heavy atom. The van der Waals surface area contributed by atoms with Gasteiger partial charge in [0, 0.05) is 6.04 Å². The normalized spacial score (nSPS) is 21.6. The monoisotopic (exact) mass is 254 g/mol. The van der Waals surface area contributed by atoms with Crippen molar-refractivity contribution in [2.24, 2.45) is 5.41 Å². The highest BCUT2D eigenvalue weighted by molar-refractivity contribution is 5.42. The lowest BCUT2D eigenvalue weighted by Gasteiger charge is -2.41. The van der Waals surface area contributed by atoms with Gasteiger partial charge < -0.3 is 4.90 Å². The maximum atomic E-state index is 9.01. The first-order chi connectivity index (χ1) is 9.12. The summed E-state index contributed by atoms with van der Waals surface area (Å²) in [6, 6.07) is 9.20. The summed E-state index contributed by atoms with van der Waals surface area (Å²) in [7, 11) is 0. The molecule has 0 saturated carbocycles. The summed E-state index contributed by atoms with van der Waals surface area (Å²) >= 11 is 0. The standard InChI is InChI=1S/C17H22N2/c1-13(2)19-7-5-17(6-8-19)10-15-4-3-14(12-18)9-16(15)11-17/h3-4,9,13H,5-8,10-11H2,1-2H3. The first-order valence-corrected chi connectivity index (χ1v) is 7.38. The molecule has 1 aromatic rings. The fraction of sp³-hybridized carbons (Fsp3) is 0.588. The molecule has 100 valence electrons. The number of hydrogen-bond donors (Lipinski definition) is 0. The van der Waals surface area contributed by atoms with Crippen molar-refractivity contribution < 1.29 is 0 Å². The van der Waals surface area contributed by atoms with Gasteiger partial charge in [0.05, 0.1) is 11.6 Å². The Morgan fingerprint density at radius 1 is 1.16 bits per heavy atom. The number of benzene rings is 1. The van der Waals surface area contributed by atoms with Crippen LogP contribution in [0.25, 0.3) is 0 Å². The number of rotatable bonds is 1. The Hall–Kier alpha value is -1.33.